The van der Waals surface area contributed by atoms with Gasteiger partial charge in [-0.25, -0.2) is 13.2 Å². The molecule has 3 N–H and O–H groups in total. The Kier molecular flexibility index (Phi) is 5.12. The predicted octanol–water partition coefficient (Wildman–Crippen LogP) is 3.08. The second kappa shape index (κ2) is 7.49. The second-order valence-electron chi connectivity index (χ2n) is 6.06. The largest absolute Gasteiger partial charge is 0.368 e. The van der Waals surface area contributed by atoms with E-state index in [4.69, 9.17) is 5.73 Å². The molecule has 0 unspecified atom stereocenters. The highest BCUT2D eigenvalue weighted by molar-refractivity contribution is 5.97. The topological polar surface area (TPSA) is 72.2 Å². The third-order valence-corrected chi connectivity index (χ3v) is 4.14. The molecule has 7 heteroatoms. The lowest BCUT2D eigenvalue weighted by molar-refractivity contribution is -0.119. The summed E-state index contributed by atoms with van der Waals surface area (Å²) in [6.45, 7) is 0. The summed E-state index contributed by atoms with van der Waals surface area (Å²) in [6, 6.07) is 12.6. The van der Waals surface area contributed by atoms with Crippen LogP contribution < -0.4 is 11.1 Å². The van der Waals surface area contributed by atoms with Crippen LogP contribution in [-0.4, -0.2) is 17.9 Å². The SMILES string of the molecule is NC(=O)[C@H](Cc1ccc2ccccc2c1)NC(=O)c1c(F)cc(F)cc1F. The molecule has 0 aliphatic carbocycles. The normalized spacial score (nSPS) is 12.0. The predicted molar refractivity (Wildman–Crippen MR) is 94.4 cm³/mol. The number of hydrogen-bond acceptors (Lipinski definition) is 2. The summed E-state index contributed by atoms with van der Waals surface area (Å²) >= 11 is 0. The average Bonchev–Trinajstić information content (AvgIpc) is 2.60. The highest BCUT2D eigenvalue weighted by Gasteiger charge is 2.24. The number of benzene rings is 3. The van der Waals surface area contributed by atoms with Gasteiger partial charge in [0.15, 0.2) is 0 Å². The van der Waals surface area contributed by atoms with Crippen molar-refractivity contribution in [2.45, 2.75) is 12.5 Å². The Morgan fingerprint density at radius 1 is 0.926 bits per heavy atom. The second-order valence-corrected chi connectivity index (χ2v) is 6.06. The van der Waals surface area contributed by atoms with Crippen LogP contribution in [0.25, 0.3) is 10.8 Å². The van der Waals surface area contributed by atoms with Gasteiger partial charge in [0.2, 0.25) is 5.91 Å². The summed E-state index contributed by atoms with van der Waals surface area (Å²) in [7, 11) is 0. The van der Waals surface area contributed by atoms with Crippen LogP contribution in [0, 0.1) is 17.5 Å². The van der Waals surface area contributed by atoms with Crippen LogP contribution in [0.3, 0.4) is 0 Å². The molecular formula is C20H15F3N2O2. The van der Waals surface area contributed by atoms with Crippen molar-refractivity contribution in [2.24, 2.45) is 5.73 Å². The quantitative estimate of drug-likeness (QED) is 0.723. The Balaban J connectivity index is 1.83. The number of amides is 2. The zero-order chi connectivity index (χ0) is 19.6. The summed E-state index contributed by atoms with van der Waals surface area (Å²) in [5.41, 5.74) is 5.06. The first-order valence-electron chi connectivity index (χ1n) is 8.07. The molecule has 1 atom stereocenters. The van der Waals surface area contributed by atoms with Crippen molar-refractivity contribution in [1.29, 1.82) is 0 Å². The number of hydrogen-bond donors (Lipinski definition) is 2. The maximum Gasteiger partial charge on any atom is 0.257 e. The van der Waals surface area contributed by atoms with E-state index in [9.17, 15) is 22.8 Å². The first kappa shape index (κ1) is 18.4. The first-order valence-corrected chi connectivity index (χ1v) is 8.07. The number of nitrogens with one attached hydrogen (secondary N) is 1. The maximum atomic E-state index is 13.8. The van der Waals surface area contributed by atoms with Gasteiger partial charge in [-0.15, -0.1) is 0 Å². The Hall–Kier alpha value is -3.35. The fourth-order valence-electron chi connectivity index (χ4n) is 2.81. The van der Waals surface area contributed by atoms with E-state index >= 15 is 0 Å². The van der Waals surface area contributed by atoms with Crippen molar-refractivity contribution >= 4 is 22.6 Å². The summed E-state index contributed by atoms with van der Waals surface area (Å²) in [5.74, 6) is -5.92. The number of fused-ring (bicyclic) bond motifs is 1. The molecule has 138 valence electrons. The van der Waals surface area contributed by atoms with Gasteiger partial charge in [0.1, 0.15) is 29.1 Å². The van der Waals surface area contributed by atoms with Crippen molar-refractivity contribution in [3.8, 4) is 0 Å². The van der Waals surface area contributed by atoms with Crippen molar-refractivity contribution < 1.29 is 22.8 Å². The highest BCUT2D eigenvalue weighted by Crippen LogP contribution is 2.18. The Morgan fingerprint density at radius 3 is 2.19 bits per heavy atom. The van der Waals surface area contributed by atoms with Crippen LogP contribution in [0.2, 0.25) is 0 Å². The molecule has 27 heavy (non-hydrogen) atoms. The molecule has 0 heterocycles. The smallest absolute Gasteiger partial charge is 0.257 e. The van der Waals surface area contributed by atoms with Crippen molar-refractivity contribution in [3.05, 3.63) is 83.2 Å². The molecule has 3 aromatic rings. The number of carbonyl (C=O) groups excluding carboxylic acids is 2. The van der Waals surface area contributed by atoms with Crippen LogP contribution in [0.4, 0.5) is 13.2 Å². The number of rotatable bonds is 5. The van der Waals surface area contributed by atoms with Crippen LogP contribution >= 0.6 is 0 Å². The minimum absolute atomic E-state index is 0.0380. The van der Waals surface area contributed by atoms with E-state index in [1.165, 1.54) is 0 Å². The maximum absolute atomic E-state index is 13.8. The fourth-order valence-corrected chi connectivity index (χ4v) is 2.81. The minimum atomic E-state index is -1.36. The minimum Gasteiger partial charge on any atom is -0.368 e. The Labute approximate surface area is 152 Å². The van der Waals surface area contributed by atoms with E-state index < -0.39 is 40.9 Å². The number of halogens is 3. The molecule has 4 nitrogen and oxygen atoms in total. The molecule has 3 rings (SSSR count). The molecule has 0 radical (unpaired) electrons. The molecule has 3 aromatic carbocycles. The molecule has 0 aromatic heterocycles. The highest BCUT2D eigenvalue weighted by atomic mass is 19.1. The Bertz CT molecular complexity index is 1010. The van der Waals surface area contributed by atoms with Crippen LogP contribution in [0.1, 0.15) is 15.9 Å². The molecule has 0 aliphatic rings. The molecule has 0 bridgehead atoms. The molecule has 0 aliphatic heterocycles. The third-order valence-electron chi connectivity index (χ3n) is 4.14. The number of carbonyl (C=O) groups is 2. The van der Waals surface area contributed by atoms with Gasteiger partial charge in [-0.05, 0) is 16.3 Å². The van der Waals surface area contributed by atoms with Gasteiger partial charge in [0.25, 0.3) is 5.91 Å². The zero-order valence-corrected chi connectivity index (χ0v) is 14.0. The molecule has 0 saturated heterocycles. The van der Waals surface area contributed by atoms with E-state index in [0.717, 1.165) is 10.8 Å². The van der Waals surface area contributed by atoms with E-state index in [0.29, 0.717) is 17.7 Å². The first-order chi connectivity index (χ1) is 12.8. The summed E-state index contributed by atoms with van der Waals surface area (Å²) in [6.07, 6.45) is 0.0380. The van der Waals surface area contributed by atoms with Crippen molar-refractivity contribution in [1.82, 2.24) is 5.32 Å². The lowest BCUT2D eigenvalue weighted by Gasteiger charge is -2.16. The van der Waals surface area contributed by atoms with E-state index in [2.05, 4.69) is 5.32 Å². The molecule has 0 saturated carbocycles. The van der Waals surface area contributed by atoms with E-state index in [1.54, 1.807) is 6.07 Å². The summed E-state index contributed by atoms with van der Waals surface area (Å²) in [4.78, 5) is 23.9. The lowest BCUT2D eigenvalue weighted by Crippen LogP contribution is -2.46. The van der Waals surface area contributed by atoms with Gasteiger partial charge >= 0.3 is 0 Å². The standard InChI is InChI=1S/C20H15F3N2O2/c21-14-9-15(22)18(16(23)10-14)20(27)25-17(19(24)26)8-11-5-6-12-3-1-2-4-13(12)7-11/h1-7,9-10,17H,8H2,(H2,24,26)(H,25,27)/t17-/m0/s1. The van der Waals surface area contributed by atoms with Crippen LogP contribution in [0.5, 0.6) is 0 Å². The van der Waals surface area contributed by atoms with Gasteiger partial charge in [-0.2, -0.15) is 0 Å². The zero-order valence-electron chi connectivity index (χ0n) is 14.0. The molecular weight excluding hydrogens is 357 g/mol. The molecule has 2 amide bonds. The molecule has 0 spiro atoms. The average molecular weight is 372 g/mol. The summed E-state index contributed by atoms with van der Waals surface area (Å²) in [5, 5.41) is 4.14. The fraction of sp³-hybridized carbons (Fsp3) is 0.100. The van der Waals surface area contributed by atoms with Crippen LogP contribution in [0.15, 0.2) is 54.6 Å². The van der Waals surface area contributed by atoms with Gasteiger partial charge in [-0.3, -0.25) is 9.59 Å². The van der Waals surface area contributed by atoms with E-state index in [1.807, 2.05) is 36.4 Å². The number of primary amides is 1. The van der Waals surface area contributed by atoms with Gasteiger partial charge < -0.3 is 11.1 Å². The lowest BCUT2D eigenvalue weighted by atomic mass is 10.0. The number of nitrogens with two attached hydrogens (primary N) is 1. The van der Waals surface area contributed by atoms with E-state index in [-0.39, 0.29) is 6.42 Å². The Morgan fingerprint density at radius 2 is 1.56 bits per heavy atom. The monoisotopic (exact) mass is 372 g/mol. The molecule has 0 fully saturated rings. The van der Waals surface area contributed by atoms with Crippen molar-refractivity contribution in [2.75, 3.05) is 0 Å². The van der Waals surface area contributed by atoms with Crippen molar-refractivity contribution in [3.63, 3.8) is 0 Å². The van der Waals surface area contributed by atoms with Crippen LogP contribution in [-0.2, 0) is 11.2 Å². The van der Waals surface area contributed by atoms with Gasteiger partial charge in [0, 0.05) is 18.6 Å². The van der Waals surface area contributed by atoms with Gasteiger partial charge in [0.05, 0.1) is 0 Å². The summed E-state index contributed by atoms with van der Waals surface area (Å²) < 4.78 is 40.5. The third kappa shape index (κ3) is 4.08. The van der Waals surface area contributed by atoms with Gasteiger partial charge in [-0.1, -0.05) is 42.5 Å².